The maximum atomic E-state index is 7.82. The zero-order chi connectivity index (χ0) is 70.3. The third-order valence-corrected chi connectivity index (χ3v) is 23.8. The van der Waals surface area contributed by atoms with E-state index in [0.29, 0.717) is 0 Å². The van der Waals surface area contributed by atoms with Crippen LogP contribution in [0, 0.1) is 27.7 Å². The second-order valence-electron chi connectivity index (χ2n) is 31.5. The van der Waals surface area contributed by atoms with Crippen LogP contribution in [0.3, 0.4) is 0 Å². The van der Waals surface area contributed by atoms with Crippen LogP contribution in [0.2, 0.25) is 19.6 Å². The van der Waals surface area contributed by atoms with Gasteiger partial charge in [-0.3, -0.25) is 0 Å². The van der Waals surface area contributed by atoms with E-state index in [0.717, 1.165) is 161 Å². The van der Waals surface area contributed by atoms with Gasteiger partial charge in [-0.25, -0.2) is 0 Å². The van der Waals surface area contributed by atoms with Crippen LogP contribution in [0.1, 0.15) is 97.2 Å². The third-order valence-electron chi connectivity index (χ3n) is 21.7. The molecule has 2 aromatic heterocycles. The van der Waals surface area contributed by atoms with Crippen molar-refractivity contribution in [2.24, 2.45) is 0 Å². The topological polar surface area (TPSA) is 36.0 Å². The summed E-state index contributed by atoms with van der Waals surface area (Å²) in [5, 5.41) is 10.1. The molecule has 16 aromatic rings. The summed E-state index contributed by atoms with van der Waals surface area (Å²) < 4.78 is 15.6. The van der Waals surface area contributed by atoms with Crippen LogP contribution in [0.5, 0.6) is 0 Å². The fraction of sp³-hybridized carbons (Fsp3) is 0.167. The monoisotopic (exact) mass is 1340 g/mol. The summed E-state index contributed by atoms with van der Waals surface area (Å²) in [6.45, 7) is 30.0. The van der Waals surface area contributed by atoms with E-state index in [-0.39, 0.29) is 10.8 Å². The van der Waals surface area contributed by atoms with E-state index in [4.69, 9.17) is 8.83 Å². The Morgan fingerprint density at radius 1 is 0.324 bits per heavy atom. The molecule has 0 saturated carbocycles. The van der Waals surface area contributed by atoms with E-state index in [1.807, 2.05) is 0 Å². The van der Waals surface area contributed by atoms with Gasteiger partial charge in [0.1, 0.15) is 22.3 Å². The molecule has 0 bridgehead atoms. The fourth-order valence-corrected chi connectivity index (χ4v) is 17.7. The lowest BCUT2D eigenvalue weighted by Crippen LogP contribution is -2.38. The van der Waals surface area contributed by atoms with E-state index < -0.39 is 13.5 Å². The normalized spacial score (nSPS) is 13.0. The molecule has 1 aliphatic carbocycles. The van der Waals surface area contributed by atoms with Gasteiger partial charge in [0.15, 0.2) is 0 Å². The van der Waals surface area contributed by atoms with Crippen molar-refractivity contribution in [1.29, 1.82) is 0 Å². The number of hydrogen-bond donors (Lipinski definition) is 0. The highest BCUT2D eigenvalue weighted by atomic mass is 28.3. The summed E-state index contributed by atoms with van der Waals surface area (Å²) in [6.07, 6.45) is 0. The molecular formula is C96H85N3O2Si. The summed E-state index contributed by atoms with van der Waals surface area (Å²) in [5.74, 6) is 0. The van der Waals surface area contributed by atoms with Crippen molar-refractivity contribution in [2.45, 2.75) is 105 Å². The second-order valence-corrected chi connectivity index (χ2v) is 36.6. The Balaban J connectivity index is 1.06. The molecule has 500 valence electrons. The molecule has 0 unspecified atom stereocenters. The smallest absolute Gasteiger partial charge is 0.145 e. The summed E-state index contributed by atoms with van der Waals surface area (Å²) in [4.78, 5) is 7.52. The highest BCUT2D eigenvalue weighted by molar-refractivity contribution is 6.88. The first kappa shape index (κ1) is 64.2. The third kappa shape index (κ3) is 10.4. The second kappa shape index (κ2) is 24.0. The lowest BCUT2D eigenvalue weighted by molar-refractivity contribution is 0.590. The van der Waals surface area contributed by atoms with Crippen LogP contribution in [0.25, 0.3) is 76.5 Å². The van der Waals surface area contributed by atoms with Gasteiger partial charge in [-0.15, -0.1) is 0 Å². The minimum atomic E-state index is -1.88. The Morgan fingerprint density at radius 3 is 1.08 bits per heavy atom. The number of benzene rings is 14. The van der Waals surface area contributed by atoms with Gasteiger partial charge >= 0.3 is 0 Å². The molecule has 0 N–H and O–H groups in total. The molecular weight excluding hydrogens is 1260 g/mol. The van der Waals surface area contributed by atoms with Crippen LogP contribution in [0.4, 0.5) is 51.2 Å². The number of fused-ring (bicyclic) bond motifs is 13. The lowest BCUT2D eigenvalue weighted by Gasteiger charge is -2.37. The lowest BCUT2D eigenvalue weighted by atomic mass is 9.67. The van der Waals surface area contributed by atoms with Crippen LogP contribution < -0.4 is 19.9 Å². The molecule has 6 heteroatoms. The number of rotatable bonds is 12. The number of nitrogens with zero attached hydrogens (tertiary/aromatic N) is 3. The average Bonchev–Trinajstić information content (AvgIpc) is 1.50. The average molecular weight is 1340 g/mol. The van der Waals surface area contributed by atoms with Gasteiger partial charge in [-0.2, -0.15) is 0 Å². The minimum absolute atomic E-state index is 0.0216. The van der Waals surface area contributed by atoms with Gasteiger partial charge in [0.25, 0.3) is 0 Å². The predicted octanol–water partition coefficient (Wildman–Crippen LogP) is 26.9. The summed E-state index contributed by atoms with van der Waals surface area (Å²) in [7, 11) is -1.88. The zero-order valence-corrected chi connectivity index (χ0v) is 61.7. The molecule has 0 amide bonds. The minimum Gasteiger partial charge on any atom is -0.455 e. The van der Waals surface area contributed by atoms with Gasteiger partial charge < -0.3 is 23.5 Å². The number of aryl methyl sites for hydroxylation is 4. The quantitative estimate of drug-likeness (QED) is 0.114. The first-order valence-electron chi connectivity index (χ1n) is 36.0. The van der Waals surface area contributed by atoms with Crippen LogP contribution in [-0.2, 0) is 16.2 Å². The Morgan fingerprint density at radius 2 is 0.686 bits per heavy atom. The van der Waals surface area contributed by atoms with E-state index in [9.17, 15) is 0 Å². The molecule has 1 aliphatic rings. The van der Waals surface area contributed by atoms with E-state index in [1.165, 1.54) is 27.4 Å². The molecule has 2 heterocycles. The first-order valence-corrected chi connectivity index (χ1v) is 39.5. The molecule has 5 nitrogen and oxygen atoms in total. The van der Waals surface area contributed by atoms with E-state index in [1.54, 1.807) is 0 Å². The predicted molar refractivity (Wildman–Crippen MR) is 437 cm³/mol. The Kier molecular flexibility index (Phi) is 15.1. The highest BCUT2D eigenvalue weighted by Gasteiger charge is 2.51. The standard InChI is InChI=1S/C96H85N3O2Si/c1-60-36-54-80(62(3)56-60)98(82-32-22-26-64-24-14-16-28-74(64)82)84-58-78-90(92-88(84)76-30-18-20-34-86(76)100-92)91-79(59-85(89-77-31-19-21-35-87(77)101-93(89)91)99(81-55-37-61(2)57-63(81)4)83-33-23-27-65-25-15-17-29-75(65)83)96(78,69-44-52-73(53-45-69)102(11,12)13)68-42-50-72(51-43-68)97(70-46-38-66(39-47-70)94(5,6)7)71-48-40-67(41-49-71)95(8,9)10/h14-59H,1-13H3. The Labute approximate surface area is 600 Å². The maximum absolute atomic E-state index is 7.82. The van der Waals surface area contributed by atoms with Crippen LogP contribution >= 0.6 is 0 Å². The number of hydrogen-bond acceptors (Lipinski definition) is 5. The van der Waals surface area contributed by atoms with Crippen molar-refractivity contribution in [2.75, 3.05) is 14.7 Å². The van der Waals surface area contributed by atoms with Crippen molar-refractivity contribution in [3.05, 3.63) is 335 Å². The molecule has 0 aliphatic heterocycles. The van der Waals surface area contributed by atoms with Gasteiger partial charge in [-0.1, -0.05) is 272 Å². The number of furan rings is 2. The van der Waals surface area contributed by atoms with Crippen LogP contribution in [-0.4, -0.2) is 8.07 Å². The highest BCUT2D eigenvalue weighted by Crippen LogP contribution is 2.65. The molecule has 0 saturated heterocycles. The van der Waals surface area contributed by atoms with Gasteiger partial charge in [0.05, 0.1) is 47.0 Å². The number of para-hydroxylation sites is 2. The molecule has 102 heavy (non-hydrogen) atoms. The van der Waals surface area contributed by atoms with Gasteiger partial charge in [-0.05, 0) is 179 Å². The number of anilines is 9. The van der Waals surface area contributed by atoms with Crippen molar-refractivity contribution in [3.63, 3.8) is 0 Å². The van der Waals surface area contributed by atoms with E-state index in [2.05, 4.69) is 383 Å². The van der Waals surface area contributed by atoms with Gasteiger partial charge in [0.2, 0.25) is 0 Å². The molecule has 0 fully saturated rings. The first-order chi connectivity index (χ1) is 49.1. The fourth-order valence-electron chi connectivity index (χ4n) is 16.6. The largest absolute Gasteiger partial charge is 0.455 e. The molecule has 0 atom stereocenters. The van der Waals surface area contributed by atoms with Crippen LogP contribution in [0.15, 0.2) is 288 Å². The summed E-state index contributed by atoms with van der Waals surface area (Å²) in [6, 6.07) is 105. The summed E-state index contributed by atoms with van der Waals surface area (Å²) in [5.41, 5.74) is 25.4. The summed E-state index contributed by atoms with van der Waals surface area (Å²) >= 11 is 0. The maximum Gasteiger partial charge on any atom is 0.145 e. The zero-order valence-electron chi connectivity index (χ0n) is 60.7. The Hall–Kier alpha value is -11.2. The van der Waals surface area contributed by atoms with Crippen molar-refractivity contribution in [3.8, 4) is 11.1 Å². The van der Waals surface area contributed by atoms with Crippen molar-refractivity contribution >= 4 is 130 Å². The van der Waals surface area contributed by atoms with Crippen molar-refractivity contribution < 1.29 is 8.83 Å². The van der Waals surface area contributed by atoms with E-state index >= 15 is 0 Å². The molecule has 0 radical (unpaired) electrons. The SMILES string of the molecule is Cc1ccc(N(c2cccc3ccccc23)c2cc3c(c4oc5ccccc5c24)-c2c(cc(N(c4ccc(C)cc4C)c4cccc5ccccc45)c4c2oc2ccccc24)C3(c2ccc(N(c3ccc(C(C)(C)C)cc3)c3ccc(C(C)(C)C)cc3)cc2)c2ccc([Si](C)(C)C)cc2)c(C)c1. The van der Waals surface area contributed by atoms with Crippen molar-refractivity contribution in [1.82, 2.24) is 0 Å². The molecule has 0 spiro atoms. The molecule has 17 rings (SSSR count). The van der Waals surface area contributed by atoms with Gasteiger partial charge in [0, 0.05) is 61.1 Å². The molecule has 14 aromatic carbocycles. The Bertz CT molecular complexity index is 5670.